The summed E-state index contributed by atoms with van der Waals surface area (Å²) >= 11 is 0. The van der Waals surface area contributed by atoms with Gasteiger partial charge in [0.2, 0.25) is 0 Å². The first-order valence-corrected chi connectivity index (χ1v) is 19.5. The van der Waals surface area contributed by atoms with Crippen molar-refractivity contribution in [2.75, 3.05) is 4.90 Å². The summed E-state index contributed by atoms with van der Waals surface area (Å²) in [6, 6.07) is 38.5. The number of furan rings is 1. The van der Waals surface area contributed by atoms with E-state index in [9.17, 15) is 0 Å². The maximum atomic E-state index is 6.89. The molecule has 3 heteroatoms. The molecule has 2 heterocycles. The number of benzene rings is 5. The van der Waals surface area contributed by atoms with Gasteiger partial charge in [0.25, 0.3) is 0 Å². The molecule has 51 heavy (non-hydrogen) atoms. The average molecular weight is 670 g/mol. The molecule has 0 radical (unpaired) electrons. The number of fused-ring (bicyclic) bond motifs is 6. The fourth-order valence-corrected chi connectivity index (χ4v) is 12.3. The molecule has 1 aliphatic heterocycles. The van der Waals surface area contributed by atoms with E-state index in [1.54, 1.807) is 0 Å². The third-order valence-electron chi connectivity index (χ3n) is 14.3. The van der Waals surface area contributed by atoms with Crippen molar-refractivity contribution in [3.63, 3.8) is 0 Å². The second kappa shape index (κ2) is 10.3. The van der Waals surface area contributed by atoms with Crippen LogP contribution in [-0.4, -0.2) is 0 Å². The van der Waals surface area contributed by atoms with Gasteiger partial charge >= 0.3 is 0 Å². The normalized spacial score (nSPS) is 27.6. The van der Waals surface area contributed by atoms with E-state index < -0.39 is 0 Å². The van der Waals surface area contributed by atoms with E-state index in [2.05, 4.69) is 136 Å². The predicted molar refractivity (Wildman–Crippen MR) is 208 cm³/mol. The number of hydrogen-bond donors (Lipinski definition) is 0. The van der Waals surface area contributed by atoms with Crippen LogP contribution in [0.3, 0.4) is 0 Å². The summed E-state index contributed by atoms with van der Waals surface area (Å²) in [7, 11) is 0. The van der Waals surface area contributed by atoms with Gasteiger partial charge in [0.1, 0.15) is 22.7 Å². The number of para-hydroxylation sites is 2. The lowest BCUT2D eigenvalue weighted by atomic mass is 9.42. The summed E-state index contributed by atoms with van der Waals surface area (Å²) in [5, 5.41) is 2.33. The molecule has 12 rings (SSSR count). The molecular formula is C48H47NO2. The molecule has 5 aromatic carbocycles. The van der Waals surface area contributed by atoms with Gasteiger partial charge in [-0.25, -0.2) is 0 Å². The first kappa shape index (κ1) is 30.2. The number of nitrogens with zero attached hydrogens (tertiary/aromatic N) is 1. The van der Waals surface area contributed by atoms with Crippen LogP contribution in [0.5, 0.6) is 11.5 Å². The minimum Gasteiger partial charge on any atom is -0.457 e. The fraction of sp³-hybridized carbons (Fsp3) is 0.375. The molecular weight excluding hydrogens is 623 g/mol. The molecule has 4 bridgehead atoms. The summed E-state index contributed by atoms with van der Waals surface area (Å²) in [4.78, 5) is 2.59. The molecule has 0 saturated heterocycles. The molecule has 0 amide bonds. The maximum absolute atomic E-state index is 6.89. The van der Waals surface area contributed by atoms with Gasteiger partial charge < -0.3 is 14.1 Å². The summed E-state index contributed by atoms with van der Waals surface area (Å²) in [6.07, 6.45) is 9.13. The summed E-state index contributed by atoms with van der Waals surface area (Å²) < 4.78 is 13.4. The van der Waals surface area contributed by atoms with Crippen molar-refractivity contribution in [2.24, 2.45) is 23.7 Å². The molecule has 6 aliphatic rings. The Morgan fingerprint density at radius 3 is 2.04 bits per heavy atom. The highest BCUT2D eigenvalue weighted by molar-refractivity contribution is 6.13. The van der Waals surface area contributed by atoms with Crippen molar-refractivity contribution in [3.8, 4) is 11.5 Å². The van der Waals surface area contributed by atoms with Crippen molar-refractivity contribution < 1.29 is 9.15 Å². The maximum Gasteiger partial charge on any atom is 0.137 e. The average Bonchev–Trinajstić information content (AvgIpc) is 3.51. The first-order valence-electron chi connectivity index (χ1n) is 19.5. The first-order chi connectivity index (χ1) is 24.7. The van der Waals surface area contributed by atoms with Crippen LogP contribution in [0.2, 0.25) is 0 Å². The Hall–Kier alpha value is -4.50. The fourth-order valence-electron chi connectivity index (χ4n) is 12.3. The zero-order valence-electron chi connectivity index (χ0n) is 30.3. The molecule has 6 aromatic rings. The Morgan fingerprint density at radius 1 is 0.569 bits per heavy atom. The number of ether oxygens (including phenoxy) is 1. The topological polar surface area (TPSA) is 25.6 Å². The highest BCUT2D eigenvalue weighted by atomic mass is 16.5. The van der Waals surface area contributed by atoms with Crippen LogP contribution in [0, 0.1) is 23.7 Å². The zero-order chi connectivity index (χ0) is 34.3. The van der Waals surface area contributed by atoms with E-state index in [1.807, 2.05) is 0 Å². The predicted octanol–water partition coefficient (Wildman–Crippen LogP) is 13.3. The Bertz CT molecular complexity index is 2360. The largest absolute Gasteiger partial charge is 0.457 e. The van der Waals surface area contributed by atoms with Crippen LogP contribution in [-0.2, 0) is 16.2 Å². The lowest BCUT2D eigenvalue weighted by Gasteiger charge is -2.63. The molecule has 4 fully saturated rings. The Labute approximate surface area is 301 Å². The zero-order valence-corrected chi connectivity index (χ0v) is 30.3. The van der Waals surface area contributed by atoms with Gasteiger partial charge in [-0.1, -0.05) is 82.3 Å². The smallest absolute Gasteiger partial charge is 0.137 e. The quantitative estimate of drug-likeness (QED) is 0.188. The van der Waals surface area contributed by atoms with Gasteiger partial charge in [-0.15, -0.1) is 0 Å². The van der Waals surface area contributed by atoms with Gasteiger partial charge in [0, 0.05) is 27.6 Å². The highest BCUT2D eigenvalue weighted by Crippen LogP contribution is 2.69. The van der Waals surface area contributed by atoms with Gasteiger partial charge in [-0.2, -0.15) is 0 Å². The van der Waals surface area contributed by atoms with Crippen LogP contribution in [0.4, 0.5) is 17.1 Å². The van der Waals surface area contributed by atoms with Crippen molar-refractivity contribution >= 4 is 39.0 Å². The molecule has 256 valence electrons. The molecule has 0 N–H and O–H groups in total. The Balaban J connectivity index is 1.21. The third-order valence-corrected chi connectivity index (χ3v) is 14.3. The Kier molecular flexibility index (Phi) is 6.09. The van der Waals surface area contributed by atoms with Crippen LogP contribution in [0.15, 0.2) is 108 Å². The van der Waals surface area contributed by atoms with E-state index in [1.165, 1.54) is 83.2 Å². The molecule has 0 atom stereocenters. The lowest BCUT2D eigenvalue weighted by molar-refractivity contribution is -0.0452. The molecule has 5 aliphatic carbocycles. The van der Waals surface area contributed by atoms with E-state index in [4.69, 9.17) is 9.15 Å². The van der Waals surface area contributed by atoms with E-state index in [-0.39, 0.29) is 16.2 Å². The SMILES string of the molecule is CC1(C)CCC(C)(C)c2c(N(c3ccc4c(c3)C3(c5ccccc5O4)C4CC5CC(C4)CC3C5)c3cccc4oc5ccccc5c34)cccc21. The van der Waals surface area contributed by atoms with Crippen LogP contribution >= 0.6 is 0 Å². The standard InChI is InChI=1S/C48H47NO2/c1-46(2)21-22-47(3,4)45-36(46)13-9-15-39(45)49(38-14-10-18-43-44(38)34-11-5-7-16-40(34)50-43)33-19-20-42-37(28-33)48(35-12-6-8-17-41(35)51-42)31-24-29-23-30(26-31)27-32(48)25-29/h5-20,28-32H,21-27H2,1-4H3. The Morgan fingerprint density at radius 2 is 1.22 bits per heavy atom. The highest BCUT2D eigenvalue weighted by Gasteiger charge is 2.61. The van der Waals surface area contributed by atoms with Gasteiger partial charge in [-0.05, 0) is 139 Å². The molecule has 3 nitrogen and oxygen atoms in total. The van der Waals surface area contributed by atoms with Gasteiger partial charge in [-0.3, -0.25) is 0 Å². The monoisotopic (exact) mass is 669 g/mol. The lowest BCUT2D eigenvalue weighted by Crippen LogP contribution is -2.57. The minimum atomic E-state index is -0.0228. The van der Waals surface area contributed by atoms with Crippen molar-refractivity contribution in [1.82, 2.24) is 0 Å². The second-order valence-electron chi connectivity index (χ2n) is 18.0. The van der Waals surface area contributed by atoms with E-state index in [0.29, 0.717) is 11.8 Å². The summed E-state index contributed by atoms with van der Waals surface area (Å²) in [5.41, 5.74) is 11.4. The van der Waals surface area contributed by atoms with E-state index >= 15 is 0 Å². The van der Waals surface area contributed by atoms with Crippen LogP contribution in [0.25, 0.3) is 21.9 Å². The van der Waals surface area contributed by atoms with Crippen molar-refractivity contribution in [3.05, 3.63) is 125 Å². The van der Waals surface area contributed by atoms with Gasteiger partial charge in [0.15, 0.2) is 0 Å². The molecule has 1 spiro atoms. The second-order valence-corrected chi connectivity index (χ2v) is 18.0. The molecule has 4 saturated carbocycles. The van der Waals surface area contributed by atoms with Crippen molar-refractivity contribution in [2.45, 2.75) is 88.9 Å². The number of rotatable bonds is 3. The summed E-state index contributed by atoms with van der Waals surface area (Å²) in [5.74, 6) is 5.17. The summed E-state index contributed by atoms with van der Waals surface area (Å²) in [6.45, 7) is 9.78. The molecule has 1 aromatic heterocycles. The van der Waals surface area contributed by atoms with Gasteiger partial charge in [0.05, 0.1) is 16.8 Å². The third kappa shape index (κ3) is 4.07. The minimum absolute atomic E-state index is 0.0188. The number of anilines is 3. The van der Waals surface area contributed by atoms with Crippen molar-refractivity contribution in [1.29, 1.82) is 0 Å². The molecule has 0 unspecified atom stereocenters. The number of hydrogen-bond acceptors (Lipinski definition) is 3. The van der Waals surface area contributed by atoms with E-state index in [0.717, 1.165) is 46.3 Å². The van der Waals surface area contributed by atoms with Crippen LogP contribution < -0.4 is 9.64 Å². The van der Waals surface area contributed by atoms with Crippen LogP contribution in [0.1, 0.15) is 94.9 Å².